The minimum Gasteiger partial charge on any atom is -0.306 e. The lowest BCUT2D eigenvalue weighted by Crippen LogP contribution is -2.51. The third-order valence-corrected chi connectivity index (χ3v) is 4.03. The van der Waals surface area contributed by atoms with Crippen LogP contribution in [0, 0.1) is 0 Å². The van der Waals surface area contributed by atoms with Gasteiger partial charge in [0.1, 0.15) is 0 Å². The highest BCUT2D eigenvalue weighted by Crippen LogP contribution is 2.35. The van der Waals surface area contributed by atoms with E-state index >= 15 is 0 Å². The van der Waals surface area contributed by atoms with E-state index in [2.05, 4.69) is 17.2 Å². The molecular formula is C14H18N2O2. The van der Waals surface area contributed by atoms with Gasteiger partial charge in [-0.15, -0.1) is 0 Å². The minimum absolute atomic E-state index is 0.0581. The number of hydrogen-bond acceptors (Lipinski definition) is 4. The fourth-order valence-electron chi connectivity index (χ4n) is 2.71. The van der Waals surface area contributed by atoms with Crippen LogP contribution in [0.4, 0.5) is 0 Å². The molecule has 0 spiro atoms. The number of ketones is 1. The van der Waals surface area contributed by atoms with Crippen molar-refractivity contribution in [2.45, 2.75) is 37.6 Å². The third-order valence-electron chi connectivity index (χ3n) is 4.03. The SMILES string of the molecule is CCC1(c2ccncc2)CCC(C(=O)C=O)NC1. The van der Waals surface area contributed by atoms with Crippen molar-refractivity contribution >= 4 is 12.1 Å². The van der Waals surface area contributed by atoms with Gasteiger partial charge in [-0.2, -0.15) is 0 Å². The molecule has 1 aromatic heterocycles. The average Bonchev–Trinajstić information content (AvgIpc) is 2.47. The molecule has 2 rings (SSSR count). The van der Waals surface area contributed by atoms with Crippen LogP contribution in [0.2, 0.25) is 0 Å². The first-order valence-electron chi connectivity index (χ1n) is 6.35. The smallest absolute Gasteiger partial charge is 0.212 e. The summed E-state index contributed by atoms with van der Waals surface area (Å²) < 4.78 is 0. The fraction of sp³-hybridized carbons (Fsp3) is 0.500. The summed E-state index contributed by atoms with van der Waals surface area (Å²) >= 11 is 0. The van der Waals surface area contributed by atoms with E-state index in [1.807, 2.05) is 12.1 Å². The maximum atomic E-state index is 11.4. The van der Waals surface area contributed by atoms with Gasteiger partial charge in [-0.1, -0.05) is 6.92 Å². The van der Waals surface area contributed by atoms with Gasteiger partial charge >= 0.3 is 0 Å². The van der Waals surface area contributed by atoms with Crippen LogP contribution in [0.1, 0.15) is 31.7 Å². The number of pyridine rings is 1. The predicted molar refractivity (Wildman–Crippen MR) is 68.3 cm³/mol. The van der Waals surface area contributed by atoms with E-state index in [1.165, 1.54) is 5.56 Å². The summed E-state index contributed by atoms with van der Waals surface area (Å²) in [4.78, 5) is 25.9. The highest BCUT2D eigenvalue weighted by atomic mass is 16.2. The van der Waals surface area contributed by atoms with Crippen molar-refractivity contribution in [3.05, 3.63) is 30.1 Å². The van der Waals surface area contributed by atoms with Crippen molar-refractivity contribution < 1.29 is 9.59 Å². The number of nitrogens with one attached hydrogen (secondary N) is 1. The first kappa shape index (κ1) is 12.9. The number of nitrogens with zero attached hydrogens (tertiary/aromatic N) is 1. The van der Waals surface area contributed by atoms with Crippen LogP contribution in [0.5, 0.6) is 0 Å². The number of carbonyl (C=O) groups excluding carboxylic acids is 2. The Morgan fingerprint density at radius 3 is 2.78 bits per heavy atom. The number of piperidine rings is 1. The molecule has 0 radical (unpaired) electrons. The van der Waals surface area contributed by atoms with Crippen LogP contribution in [-0.2, 0) is 15.0 Å². The lowest BCUT2D eigenvalue weighted by molar-refractivity contribution is -0.131. The molecule has 1 N–H and O–H groups in total. The Kier molecular flexibility index (Phi) is 3.87. The van der Waals surface area contributed by atoms with Gasteiger partial charge in [0.05, 0.1) is 6.04 Å². The van der Waals surface area contributed by atoms with E-state index in [1.54, 1.807) is 12.4 Å². The zero-order valence-corrected chi connectivity index (χ0v) is 10.6. The van der Waals surface area contributed by atoms with E-state index < -0.39 is 0 Å². The van der Waals surface area contributed by atoms with Crippen molar-refractivity contribution in [3.63, 3.8) is 0 Å². The number of carbonyl (C=O) groups is 2. The van der Waals surface area contributed by atoms with Crippen LogP contribution in [0.25, 0.3) is 0 Å². The lowest BCUT2D eigenvalue weighted by Gasteiger charge is -2.40. The molecule has 2 atom stereocenters. The molecule has 2 unspecified atom stereocenters. The number of rotatable bonds is 4. The third kappa shape index (κ3) is 2.34. The highest BCUT2D eigenvalue weighted by molar-refractivity contribution is 6.27. The van der Waals surface area contributed by atoms with Gasteiger partial charge in [0.25, 0.3) is 0 Å². The molecule has 0 amide bonds. The molecule has 4 heteroatoms. The summed E-state index contributed by atoms with van der Waals surface area (Å²) in [6.07, 6.45) is 6.67. The Morgan fingerprint density at radius 2 is 2.28 bits per heavy atom. The first-order chi connectivity index (χ1) is 8.72. The second-order valence-electron chi connectivity index (χ2n) is 4.86. The number of aldehydes is 1. The van der Waals surface area contributed by atoms with Gasteiger partial charge in [0.15, 0.2) is 6.29 Å². The van der Waals surface area contributed by atoms with Gasteiger partial charge < -0.3 is 5.32 Å². The van der Waals surface area contributed by atoms with Crippen molar-refractivity contribution in [1.29, 1.82) is 0 Å². The lowest BCUT2D eigenvalue weighted by atomic mass is 9.71. The molecule has 1 aromatic rings. The van der Waals surface area contributed by atoms with Crippen LogP contribution in [-0.4, -0.2) is 29.6 Å². The Balaban J connectivity index is 2.14. The number of Topliss-reactive ketones (excluding diaryl/α,β-unsaturated/α-hetero) is 1. The molecule has 0 aromatic carbocycles. The fourth-order valence-corrected chi connectivity index (χ4v) is 2.71. The topological polar surface area (TPSA) is 59.1 Å². The van der Waals surface area contributed by atoms with E-state index in [-0.39, 0.29) is 17.2 Å². The Bertz CT molecular complexity index is 423. The maximum Gasteiger partial charge on any atom is 0.212 e. The van der Waals surface area contributed by atoms with Crippen LogP contribution < -0.4 is 5.32 Å². The summed E-state index contributed by atoms with van der Waals surface area (Å²) in [5.41, 5.74) is 1.31. The van der Waals surface area contributed by atoms with Crippen molar-refractivity contribution in [1.82, 2.24) is 10.3 Å². The Morgan fingerprint density at radius 1 is 1.56 bits per heavy atom. The maximum absolute atomic E-state index is 11.4. The van der Waals surface area contributed by atoms with E-state index in [9.17, 15) is 9.59 Å². The molecule has 1 aliphatic heterocycles. The second kappa shape index (κ2) is 5.40. The Hall–Kier alpha value is -1.55. The largest absolute Gasteiger partial charge is 0.306 e. The van der Waals surface area contributed by atoms with E-state index in [4.69, 9.17) is 0 Å². The van der Waals surface area contributed by atoms with Gasteiger partial charge in [-0.3, -0.25) is 14.6 Å². The molecule has 0 aliphatic carbocycles. The van der Waals surface area contributed by atoms with Crippen molar-refractivity contribution in [3.8, 4) is 0 Å². The summed E-state index contributed by atoms with van der Waals surface area (Å²) in [6.45, 7) is 2.89. The van der Waals surface area contributed by atoms with Crippen LogP contribution in [0.3, 0.4) is 0 Å². The van der Waals surface area contributed by atoms with Crippen molar-refractivity contribution in [2.75, 3.05) is 6.54 Å². The molecule has 18 heavy (non-hydrogen) atoms. The summed E-state index contributed by atoms with van der Waals surface area (Å²) in [6, 6.07) is 3.77. The van der Waals surface area contributed by atoms with Gasteiger partial charge in [-0.05, 0) is 37.0 Å². The molecule has 4 nitrogen and oxygen atoms in total. The van der Waals surface area contributed by atoms with Crippen LogP contribution in [0.15, 0.2) is 24.5 Å². The molecule has 0 bridgehead atoms. The van der Waals surface area contributed by atoms with Gasteiger partial charge in [0.2, 0.25) is 5.78 Å². The highest BCUT2D eigenvalue weighted by Gasteiger charge is 2.36. The normalized spacial score (nSPS) is 27.7. The zero-order valence-electron chi connectivity index (χ0n) is 10.6. The Labute approximate surface area is 107 Å². The van der Waals surface area contributed by atoms with Crippen LogP contribution >= 0.6 is 0 Å². The van der Waals surface area contributed by atoms with E-state index in [0.29, 0.717) is 12.7 Å². The molecule has 1 saturated heterocycles. The summed E-state index contributed by atoms with van der Waals surface area (Å²) in [5.74, 6) is -0.338. The monoisotopic (exact) mass is 246 g/mol. The van der Waals surface area contributed by atoms with Gasteiger partial charge in [-0.25, -0.2) is 0 Å². The first-order valence-corrected chi connectivity index (χ1v) is 6.35. The van der Waals surface area contributed by atoms with E-state index in [0.717, 1.165) is 19.4 Å². The molecule has 96 valence electrons. The second-order valence-corrected chi connectivity index (χ2v) is 4.86. The minimum atomic E-state index is -0.338. The molecule has 1 aliphatic rings. The zero-order chi connectivity index (χ0) is 13.0. The molecule has 0 saturated carbocycles. The molecule has 2 heterocycles. The number of aromatic nitrogens is 1. The van der Waals surface area contributed by atoms with Crippen molar-refractivity contribution in [2.24, 2.45) is 0 Å². The quantitative estimate of drug-likeness (QED) is 0.641. The van der Waals surface area contributed by atoms with Gasteiger partial charge in [0, 0.05) is 24.4 Å². The summed E-state index contributed by atoms with van der Waals surface area (Å²) in [5, 5.41) is 3.21. The average molecular weight is 246 g/mol. The molecule has 1 fully saturated rings. The molecular weight excluding hydrogens is 228 g/mol. The number of hydrogen-bond donors (Lipinski definition) is 1. The standard InChI is InChI=1S/C14H18N2O2/c1-2-14(11-4-7-15-8-5-11)6-3-12(16-10-14)13(18)9-17/h4-5,7-9,12,16H,2-3,6,10H2,1H3. The predicted octanol–water partition coefficient (Wildman–Crippen LogP) is 1.25. The summed E-state index contributed by atoms with van der Waals surface area (Å²) in [7, 11) is 0.